The second kappa shape index (κ2) is 12.9. The summed E-state index contributed by atoms with van der Waals surface area (Å²) in [7, 11) is 4.42. The SMILES string of the molecule is COC(=O)c1cc(Br)c(CC(=O)N(Nc2ccc(OC)cc2)c2c(C)cccc2N2CCCCC2)cc1OC. The van der Waals surface area contributed by atoms with Crippen LogP contribution >= 0.6 is 15.9 Å². The van der Waals surface area contributed by atoms with Crippen molar-refractivity contribution in [1.82, 2.24) is 0 Å². The highest BCUT2D eigenvalue weighted by molar-refractivity contribution is 9.10. The third kappa shape index (κ3) is 6.47. The summed E-state index contributed by atoms with van der Waals surface area (Å²) in [5, 5.41) is 1.63. The molecule has 0 bridgehead atoms. The number of nitrogens with zero attached hydrogens (tertiary/aromatic N) is 2. The van der Waals surface area contributed by atoms with Gasteiger partial charge in [0.1, 0.15) is 17.1 Å². The van der Waals surface area contributed by atoms with Gasteiger partial charge in [-0.3, -0.25) is 10.2 Å². The van der Waals surface area contributed by atoms with Gasteiger partial charge in [0, 0.05) is 17.6 Å². The molecule has 4 rings (SSSR count). The lowest BCUT2D eigenvalue weighted by atomic mass is 10.0. The van der Waals surface area contributed by atoms with E-state index in [-0.39, 0.29) is 17.9 Å². The van der Waals surface area contributed by atoms with E-state index in [4.69, 9.17) is 14.2 Å². The van der Waals surface area contributed by atoms with E-state index < -0.39 is 5.97 Å². The second-order valence-corrected chi connectivity index (χ2v) is 10.2. The largest absolute Gasteiger partial charge is 0.497 e. The number of anilines is 3. The molecular weight excluding hydrogens is 562 g/mol. The zero-order valence-electron chi connectivity index (χ0n) is 22.8. The number of hydrazine groups is 1. The average Bonchev–Trinajstić information content (AvgIpc) is 2.97. The van der Waals surface area contributed by atoms with Gasteiger partial charge in [0.2, 0.25) is 5.91 Å². The molecule has 1 N–H and O–H groups in total. The van der Waals surface area contributed by atoms with Gasteiger partial charge in [-0.25, -0.2) is 9.80 Å². The van der Waals surface area contributed by atoms with Gasteiger partial charge in [-0.2, -0.15) is 0 Å². The molecule has 0 aromatic heterocycles. The topological polar surface area (TPSA) is 80.3 Å². The van der Waals surface area contributed by atoms with Gasteiger partial charge in [-0.05, 0) is 79.8 Å². The molecule has 1 fully saturated rings. The summed E-state index contributed by atoms with van der Waals surface area (Å²) in [6.45, 7) is 3.90. The van der Waals surface area contributed by atoms with Gasteiger partial charge < -0.3 is 19.1 Å². The molecule has 3 aromatic carbocycles. The Morgan fingerprint density at radius 1 is 0.974 bits per heavy atom. The van der Waals surface area contributed by atoms with Gasteiger partial charge in [-0.15, -0.1) is 0 Å². The molecule has 1 aliphatic heterocycles. The van der Waals surface area contributed by atoms with Crippen molar-refractivity contribution in [2.24, 2.45) is 0 Å². The molecule has 206 valence electrons. The zero-order valence-corrected chi connectivity index (χ0v) is 24.3. The number of hydrogen-bond acceptors (Lipinski definition) is 7. The lowest BCUT2D eigenvalue weighted by Crippen LogP contribution is -2.40. The number of aryl methyl sites for hydroxylation is 1. The lowest BCUT2D eigenvalue weighted by Gasteiger charge is -2.35. The van der Waals surface area contributed by atoms with Crippen molar-refractivity contribution < 1.29 is 23.8 Å². The highest BCUT2D eigenvalue weighted by atomic mass is 79.9. The minimum atomic E-state index is -0.515. The monoisotopic (exact) mass is 595 g/mol. The number of carbonyl (C=O) groups is 2. The summed E-state index contributed by atoms with van der Waals surface area (Å²) in [5.74, 6) is 0.378. The molecule has 1 aliphatic rings. The number of amides is 1. The van der Waals surface area contributed by atoms with Crippen molar-refractivity contribution in [3.8, 4) is 11.5 Å². The Hall–Kier alpha value is -3.72. The first-order valence-corrected chi connectivity index (χ1v) is 13.7. The molecule has 0 atom stereocenters. The van der Waals surface area contributed by atoms with Crippen LogP contribution in [-0.4, -0.2) is 46.3 Å². The molecule has 3 aromatic rings. The first-order valence-electron chi connectivity index (χ1n) is 12.9. The fraction of sp³-hybridized carbons (Fsp3) is 0.333. The molecule has 1 heterocycles. The van der Waals surface area contributed by atoms with Crippen LogP contribution in [0.3, 0.4) is 0 Å². The number of hydrogen-bond donors (Lipinski definition) is 1. The number of nitrogens with one attached hydrogen (secondary N) is 1. The van der Waals surface area contributed by atoms with E-state index in [1.54, 1.807) is 24.3 Å². The normalized spacial score (nSPS) is 13.0. The Bertz CT molecular complexity index is 1320. The van der Waals surface area contributed by atoms with E-state index in [0.717, 1.165) is 54.3 Å². The smallest absolute Gasteiger partial charge is 0.341 e. The second-order valence-electron chi connectivity index (χ2n) is 9.37. The molecule has 1 saturated heterocycles. The number of esters is 1. The molecule has 39 heavy (non-hydrogen) atoms. The average molecular weight is 597 g/mol. The van der Waals surface area contributed by atoms with Crippen molar-refractivity contribution in [2.75, 3.05) is 49.8 Å². The van der Waals surface area contributed by atoms with E-state index in [0.29, 0.717) is 15.8 Å². The van der Waals surface area contributed by atoms with Crippen LogP contribution in [0.1, 0.15) is 40.7 Å². The van der Waals surface area contributed by atoms with Crippen LogP contribution in [0.25, 0.3) is 0 Å². The van der Waals surface area contributed by atoms with E-state index in [1.807, 2.05) is 43.3 Å². The number of benzene rings is 3. The predicted octanol–water partition coefficient (Wildman–Crippen LogP) is 6.15. The Kier molecular flexibility index (Phi) is 9.35. The molecule has 0 radical (unpaired) electrons. The Labute approximate surface area is 237 Å². The van der Waals surface area contributed by atoms with Gasteiger partial charge in [0.05, 0.1) is 44.8 Å². The molecule has 9 heteroatoms. The first kappa shape index (κ1) is 28.3. The highest BCUT2D eigenvalue weighted by Gasteiger charge is 2.26. The van der Waals surface area contributed by atoms with Crippen molar-refractivity contribution in [3.63, 3.8) is 0 Å². The number of halogens is 1. The summed E-state index contributed by atoms with van der Waals surface area (Å²) in [5.41, 5.74) is 7.87. The molecular formula is C30H34BrN3O5. The quantitative estimate of drug-likeness (QED) is 0.234. The number of methoxy groups -OCH3 is 3. The summed E-state index contributed by atoms with van der Waals surface area (Å²) in [4.78, 5) is 28.7. The summed E-state index contributed by atoms with van der Waals surface area (Å²) in [6.07, 6.45) is 3.50. The van der Waals surface area contributed by atoms with Gasteiger partial charge in [-0.1, -0.05) is 28.1 Å². The van der Waals surface area contributed by atoms with E-state index in [2.05, 4.69) is 32.3 Å². The summed E-state index contributed by atoms with van der Waals surface area (Å²) >= 11 is 3.54. The Morgan fingerprint density at radius 2 is 1.69 bits per heavy atom. The molecule has 0 spiro atoms. The number of rotatable bonds is 9. The van der Waals surface area contributed by atoms with E-state index >= 15 is 0 Å². The third-order valence-electron chi connectivity index (χ3n) is 6.83. The van der Waals surface area contributed by atoms with Crippen LogP contribution in [0.5, 0.6) is 11.5 Å². The molecule has 0 unspecified atom stereocenters. The van der Waals surface area contributed by atoms with Crippen LogP contribution in [0.4, 0.5) is 17.1 Å². The minimum absolute atomic E-state index is 0.0509. The maximum absolute atomic E-state index is 14.1. The van der Waals surface area contributed by atoms with Gasteiger partial charge >= 0.3 is 5.97 Å². The van der Waals surface area contributed by atoms with Crippen molar-refractivity contribution in [1.29, 1.82) is 0 Å². The van der Waals surface area contributed by atoms with Gasteiger partial charge in [0.15, 0.2) is 0 Å². The van der Waals surface area contributed by atoms with Crippen molar-refractivity contribution in [3.05, 3.63) is 75.8 Å². The molecule has 8 nitrogen and oxygen atoms in total. The molecule has 0 saturated carbocycles. The maximum Gasteiger partial charge on any atom is 0.341 e. The maximum atomic E-state index is 14.1. The Balaban J connectivity index is 1.75. The third-order valence-corrected chi connectivity index (χ3v) is 7.57. The number of piperidine rings is 1. The number of para-hydroxylation sites is 1. The summed E-state index contributed by atoms with van der Waals surface area (Å²) in [6, 6.07) is 16.9. The van der Waals surface area contributed by atoms with Crippen molar-refractivity contribution >= 4 is 44.9 Å². The van der Waals surface area contributed by atoms with E-state index in [1.165, 1.54) is 20.6 Å². The first-order chi connectivity index (χ1) is 18.9. The van der Waals surface area contributed by atoms with Gasteiger partial charge in [0.25, 0.3) is 0 Å². The standard InChI is InChI=1S/C30H34BrN3O5/c1-20-9-8-10-26(33-15-6-5-7-16-33)29(20)34(32-22-11-13-23(37-2)14-12-22)28(35)18-21-17-27(38-3)24(19-25(21)31)30(36)39-4/h8-14,17,19,32H,5-7,15-16,18H2,1-4H3. The molecule has 1 amide bonds. The zero-order chi connectivity index (χ0) is 27.9. The number of carbonyl (C=O) groups excluding carboxylic acids is 2. The molecule has 0 aliphatic carbocycles. The van der Waals surface area contributed by atoms with Crippen LogP contribution < -0.4 is 24.8 Å². The minimum Gasteiger partial charge on any atom is -0.497 e. The van der Waals surface area contributed by atoms with E-state index in [9.17, 15) is 9.59 Å². The fourth-order valence-electron chi connectivity index (χ4n) is 4.77. The van der Waals surface area contributed by atoms with Crippen LogP contribution in [0.15, 0.2) is 59.1 Å². The summed E-state index contributed by atoms with van der Waals surface area (Å²) < 4.78 is 16.2. The Morgan fingerprint density at radius 3 is 2.33 bits per heavy atom. The fourth-order valence-corrected chi connectivity index (χ4v) is 5.26. The van der Waals surface area contributed by atoms with Crippen molar-refractivity contribution in [2.45, 2.75) is 32.6 Å². The highest BCUT2D eigenvalue weighted by Crippen LogP contribution is 2.36. The van der Waals surface area contributed by atoms with Crippen LogP contribution in [0, 0.1) is 6.92 Å². The lowest BCUT2D eigenvalue weighted by molar-refractivity contribution is -0.117. The van der Waals surface area contributed by atoms with Crippen LogP contribution in [0.2, 0.25) is 0 Å². The predicted molar refractivity (Wildman–Crippen MR) is 157 cm³/mol. The van der Waals surface area contributed by atoms with Crippen LogP contribution in [-0.2, 0) is 16.0 Å². The number of ether oxygens (including phenoxy) is 3.